The molecule has 0 aromatic heterocycles. The Labute approximate surface area is 189 Å². The van der Waals surface area contributed by atoms with Crippen LogP contribution in [-0.4, -0.2) is 32.7 Å². The van der Waals surface area contributed by atoms with E-state index in [0.29, 0.717) is 29.1 Å². The van der Waals surface area contributed by atoms with Crippen molar-refractivity contribution in [2.75, 3.05) is 17.1 Å². The molecule has 2 aromatic rings. The number of sulfonamides is 1. The van der Waals surface area contributed by atoms with Crippen LogP contribution in [0.1, 0.15) is 50.3 Å². The highest BCUT2D eigenvalue weighted by Gasteiger charge is 2.34. The summed E-state index contributed by atoms with van der Waals surface area (Å²) in [6.45, 7) is 5.98. The number of benzene rings is 2. The second-order valence-electron chi connectivity index (χ2n) is 8.55. The van der Waals surface area contributed by atoms with Gasteiger partial charge in [-0.2, -0.15) is 0 Å². The monoisotopic (exact) mass is 464 g/mol. The number of hydrogen-bond donors (Lipinski definition) is 1. The molecule has 1 aliphatic heterocycles. The van der Waals surface area contributed by atoms with Crippen LogP contribution in [0, 0.1) is 6.92 Å². The van der Waals surface area contributed by atoms with Gasteiger partial charge in [-0.1, -0.05) is 35.9 Å². The summed E-state index contributed by atoms with van der Waals surface area (Å²) in [7, 11) is -3.51. The number of rotatable bonds is 7. The molecule has 1 heterocycles. The van der Waals surface area contributed by atoms with Gasteiger partial charge in [-0.15, -0.1) is 0 Å². The minimum absolute atomic E-state index is 0.117. The molecule has 1 aliphatic rings. The Morgan fingerprint density at radius 2 is 1.94 bits per heavy atom. The zero-order chi connectivity index (χ0) is 22.8. The van der Waals surface area contributed by atoms with Gasteiger partial charge in [0.25, 0.3) is 0 Å². The van der Waals surface area contributed by atoms with E-state index in [4.69, 9.17) is 16.3 Å². The third-order valence-electron chi connectivity index (χ3n) is 5.38. The van der Waals surface area contributed by atoms with Crippen LogP contribution in [0.5, 0.6) is 5.75 Å². The zero-order valence-corrected chi connectivity index (χ0v) is 19.9. The third kappa shape index (κ3) is 5.71. The van der Waals surface area contributed by atoms with Gasteiger partial charge in [-0.05, 0) is 51.0 Å². The lowest BCUT2D eigenvalue weighted by Gasteiger charge is -2.37. The average Bonchev–Trinajstić information content (AvgIpc) is 2.66. The van der Waals surface area contributed by atoms with Crippen LogP contribution in [0.3, 0.4) is 0 Å². The number of nitrogens with one attached hydrogen (secondary N) is 1. The first-order chi connectivity index (χ1) is 14.5. The van der Waals surface area contributed by atoms with E-state index in [2.05, 4.69) is 5.32 Å². The first-order valence-corrected chi connectivity index (χ1v) is 12.5. The Morgan fingerprint density at radius 3 is 2.65 bits per heavy atom. The molecule has 0 saturated heterocycles. The molecule has 0 unspecified atom stereocenters. The van der Waals surface area contributed by atoms with Crippen LogP contribution < -0.4 is 14.4 Å². The molecule has 2 aromatic carbocycles. The molecular formula is C23H29ClN2O4S. The fraction of sp³-hybridized carbons (Fsp3) is 0.435. The number of nitrogens with zero attached hydrogens (tertiary/aromatic N) is 1. The molecule has 6 nitrogen and oxygen atoms in total. The van der Waals surface area contributed by atoms with Crippen LogP contribution >= 0.6 is 11.6 Å². The van der Waals surface area contributed by atoms with Crippen molar-refractivity contribution in [3.63, 3.8) is 0 Å². The Morgan fingerprint density at radius 1 is 1.23 bits per heavy atom. The summed E-state index contributed by atoms with van der Waals surface area (Å²) in [5.41, 5.74) is 1.81. The van der Waals surface area contributed by atoms with E-state index in [1.165, 1.54) is 4.31 Å². The number of carbonyl (C=O) groups excluding carboxylic acids is 1. The predicted octanol–water partition coefficient (Wildman–Crippen LogP) is 4.61. The molecule has 1 N–H and O–H groups in total. The van der Waals surface area contributed by atoms with Crippen molar-refractivity contribution >= 4 is 33.2 Å². The molecule has 0 aliphatic carbocycles. The SMILES string of the molecule is Cc1c(Cl)cccc1N(CCCC(=O)N[C@@H]1CC(C)(C)Oc2ccccc21)S(C)(=O)=O. The van der Waals surface area contributed by atoms with Crippen molar-refractivity contribution < 1.29 is 17.9 Å². The topological polar surface area (TPSA) is 75.7 Å². The maximum Gasteiger partial charge on any atom is 0.232 e. The van der Waals surface area contributed by atoms with E-state index in [-0.39, 0.29) is 30.5 Å². The van der Waals surface area contributed by atoms with Gasteiger partial charge >= 0.3 is 0 Å². The van der Waals surface area contributed by atoms with Gasteiger partial charge in [0.15, 0.2) is 0 Å². The van der Waals surface area contributed by atoms with E-state index in [1.807, 2.05) is 38.1 Å². The molecule has 0 radical (unpaired) electrons. The van der Waals surface area contributed by atoms with Gasteiger partial charge in [0.1, 0.15) is 11.4 Å². The Bertz CT molecular complexity index is 1070. The van der Waals surface area contributed by atoms with Crippen LogP contribution in [0.4, 0.5) is 5.69 Å². The number of halogens is 1. The summed E-state index contributed by atoms with van der Waals surface area (Å²) >= 11 is 6.17. The molecule has 0 spiro atoms. The van der Waals surface area contributed by atoms with Crippen LogP contribution in [0.25, 0.3) is 0 Å². The van der Waals surface area contributed by atoms with E-state index in [0.717, 1.165) is 17.6 Å². The van der Waals surface area contributed by atoms with Gasteiger partial charge in [-0.25, -0.2) is 8.42 Å². The van der Waals surface area contributed by atoms with Crippen molar-refractivity contribution in [3.8, 4) is 5.75 Å². The number of anilines is 1. The summed E-state index contributed by atoms with van der Waals surface area (Å²) in [5, 5.41) is 3.60. The van der Waals surface area contributed by atoms with E-state index >= 15 is 0 Å². The highest BCUT2D eigenvalue weighted by atomic mass is 35.5. The summed E-state index contributed by atoms with van der Waals surface area (Å²) in [4.78, 5) is 12.7. The zero-order valence-electron chi connectivity index (χ0n) is 18.3. The lowest BCUT2D eigenvalue weighted by molar-refractivity contribution is -0.122. The fourth-order valence-electron chi connectivity index (χ4n) is 3.91. The quantitative estimate of drug-likeness (QED) is 0.649. The molecular weight excluding hydrogens is 436 g/mol. The average molecular weight is 465 g/mol. The summed E-state index contributed by atoms with van der Waals surface area (Å²) in [5.74, 6) is 0.664. The largest absolute Gasteiger partial charge is 0.487 e. The second-order valence-corrected chi connectivity index (χ2v) is 10.9. The molecule has 0 fully saturated rings. The maximum atomic E-state index is 12.7. The first kappa shape index (κ1) is 23.4. The lowest BCUT2D eigenvalue weighted by Crippen LogP contribution is -2.41. The van der Waals surface area contributed by atoms with E-state index in [9.17, 15) is 13.2 Å². The second kappa shape index (κ2) is 9.09. The molecule has 31 heavy (non-hydrogen) atoms. The summed E-state index contributed by atoms with van der Waals surface area (Å²) < 4.78 is 32.1. The molecule has 168 valence electrons. The van der Waals surface area contributed by atoms with Crippen molar-refractivity contribution in [2.24, 2.45) is 0 Å². The Balaban J connectivity index is 1.66. The van der Waals surface area contributed by atoms with Gasteiger partial charge in [0.2, 0.25) is 15.9 Å². The Hall–Kier alpha value is -2.25. The number of amides is 1. The van der Waals surface area contributed by atoms with Crippen LogP contribution in [0.2, 0.25) is 5.02 Å². The minimum Gasteiger partial charge on any atom is -0.487 e. The number of ether oxygens (including phenoxy) is 1. The first-order valence-electron chi connectivity index (χ1n) is 10.3. The van der Waals surface area contributed by atoms with Crippen LogP contribution in [-0.2, 0) is 14.8 Å². The van der Waals surface area contributed by atoms with E-state index < -0.39 is 10.0 Å². The third-order valence-corrected chi connectivity index (χ3v) is 6.97. The number of hydrogen-bond acceptors (Lipinski definition) is 4. The highest BCUT2D eigenvalue weighted by Crippen LogP contribution is 2.39. The van der Waals surface area contributed by atoms with Crippen LogP contribution in [0.15, 0.2) is 42.5 Å². The molecule has 1 atom stereocenters. The minimum atomic E-state index is -3.51. The van der Waals surface area contributed by atoms with Crippen molar-refractivity contribution in [1.82, 2.24) is 5.32 Å². The predicted molar refractivity (Wildman–Crippen MR) is 124 cm³/mol. The van der Waals surface area contributed by atoms with Crippen molar-refractivity contribution in [1.29, 1.82) is 0 Å². The van der Waals surface area contributed by atoms with Gasteiger partial charge < -0.3 is 10.1 Å². The molecule has 0 saturated carbocycles. The molecule has 0 bridgehead atoms. The Kier molecular flexibility index (Phi) is 6.86. The molecule has 8 heteroatoms. The maximum absolute atomic E-state index is 12.7. The summed E-state index contributed by atoms with van der Waals surface area (Å²) in [6.07, 6.45) is 2.42. The number of para-hydroxylation sites is 1. The van der Waals surface area contributed by atoms with Gasteiger partial charge in [0.05, 0.1) is 18.0 Å². The normalized spacial score (nSPS) is 17.4. The van der Waals surface area contributed by atoms with Crippen molar-refractivity contribution in [3.05, 3.63) is 58.6 Å². The molecule has 3 rings (SSSR count). The molecule has 1 amide bonds. The lowest BCUT2D eigenvalue weighted by atomic mass is 9.89. The highest BCUT2D eigenvalue weighted by molar-refractivity contribution is 7.92. The summed E-state index contributed by atoms with van der Waals surface area (Å²) in [6, 6.07) is 12.7. The van der Waals surface area contributed by atoms with Crippen molar-refractivity contribution in [2.45, 2.75) is 51.7 Å². The smallest absolute Gasteiger partial charge is 0.232 e. The standard InChI is InChI=1S/C23H29ClN2O4S/c1-16-18(24)10-7-11-20(16)26(31(4,28)29)14-8-13-22(27)25-19-15-23(2,3)30-21-12-6-5-9-17(19)21/h5-7,9-12,19H,8,13-15H2,1-4H3,(H,25,27)/t19-/m1/s1. The number of fused-ring (bicyclic) bond motifs is 1. The van der Waals surface area contributed by atoms with Gasteiger partial charge in [-0.3, -0.25) is 9.10 Å². The fourth-order valence-corrected chi connectivity index (χ4v) is 5.10. The van der Waals surface area contributed by atoms with Gasteiger partial charge in [0, 0.05) is 30.0 Å². The van der Waals surface area contributed by atoms with E-state index in [1.54, 1.807) is 25.1 Å². The number of carbonyl (C=O) groups is 1.